The van der Waals surface area contributed by atoms with Crippen LogP contribution in [0.5, 0.6) is 0 Å². The molecule has 0 amide bonds. The van der Waals surface area contributed by atoms with Crippen molar-refractivity contribution in [3.05, 3.63) is 59.4 Å². The highest BCUT2D eigenvalue weighted by Gasteiger charge is 2.43. The fourth-order valence-corrected chi connectivity index (χ4v) is 4.70. The summed E-state index contributed by atoms with van der Waals surface area (Å²) in [7, 11) is 3.55. The minimum absolute atomic E-state index is 0.229. The average Bonchev–Trinajstić information content (AvgIpc) is 3.28. The Bertz CT molecular complexity index is 769. The van der Waals surface area contributed by atoms with Crippen molar-refractivity contribution in [2.75, 3.05) is 19.1 Å². The maximum Gasteiger partial charge on any atom is 0.337 e. The van der Waals surface area contributed by atoms with E-state index in [-0.39, 0.29) is 12.0 Å². The number of methoxy groups -OCH3 is 1. The van der Waals surface area contributed by atoms with Crippen LogP contribution in [-0.4, -0.2) is 25.1 Å². The van der Waals surface area contributed by atoms with Gasteiger partial charge < -0.3 is 9.64 Å². The molecule has 1 aliphatic carbocycles. The van der Waals surface area contributed by atoms with Gasteiger partial charge in [-0.15, -0.1) is 0 Å². The molecule has 2 heterocycles. The monoisotopic (exact) mass is 336 g/mol. The van der Waals surface area contributed by atoms with Gasteiger partial charge in [-0.25, -0.2) is 4.79 Å². The molecule has 1 aliphatic heterocycles. The number of likely N-dealkylation sites (N-methyl/N-ethyl adjacent to an activating group) is 1. The summed E-state index contributed by atoms with van der Waals surface area (Å²) < 4.78 is 4.90. The summed E-state index contributed by atoms with van der Waals surface area (Å²) in [5.41, 5.74) is 4.20. The lowest BCUT2D eigenvalue weighted by atomic mass is 9.80. The van der Waals surface area contributed by atoms with E-state index in [0.717, 1.165) is 11.4 Å². The maximum atomic E-state index is 12.0. The first-order valence-electron chi connectivity index (χ1n) is 9.06. The van der Waals surface area contributed by atoms with Crippen LogP contribution in [0.2, 0.25) is 0 Å². The predicted octanol–water partition coefficient (Wildman–Crippen LogP) is 4.33. The van der Waals surface area contributed by atoms with Crippen molar-refractivity contribution < 1.29 is 9.53 Å². The molecule has 1 fully saturated rings. The molecule has 1 saturated carbocycles. The molecule has 4 rings (SSSR count). The van der Waals surface area contributed by atoms with Gasteiger partial charge in [0.25, 0.3) is 0 Å². The smallest absolute Gasteiger partial charge is 0.337 e. The Morgan fingerprint density at radius 2 is 2.00 bits per heavy atom. The van der Waals surface area contributed by atoms with Gasteiger partial charge in [0.2, 0.25) is 0 Å². The lowest BCUT2D eigenvalue weighted by Gasteiger charge is -2.30. The molecule has 0 N–H and O–H groups in total. The Kier molecular flexibility index (Phi) is 4.20. The third-order valence-electron chi connectivity index (χ3n) is 5.85. The summed E-state index contributed by atoms with van der Waals surface area (Å²) in [5.74, 6) is 0.832. The number of anilines is 1. The zero-order valence-corrected chi connectivity index (χ0v) is 14.8. The van der Waals surface area contributed by atoms with Crippen molar-refractivity contribution >= 4 is 11.7 Å². The first-order chi connectivity index (χ1) is 12.2. The molecule has 2 aromatic rings. The van der Waals surface area contributed by atoms with Crippen LogP contribution < -0.4 is 4.90 Å². The summed E-state index contributed by atoms with van der Waals surface area (Å²) in [5, 5.41) is 0. The molecular weight excluding hydrogens is 312 g/mol. The molecule has 0 spiro atoms. The van der Waals surface area contributed by atoms with E-state index in [1.165, 1.54) is 38.4 Å². The molecule has 4 heteroatoms. The van der Waals surface area contributed by atoms with E-state index in [1.54, 1.807) is 0 Å². The predicted molar refractivity (Wildman–Crippen MR) is 97.9 cm³/mol. The number of benzene rings is 1. The van der Waals surface area contributed by atoms with Crippen molar-refractivity contribution in [1.82, 2.24) is 4.98 Å². The largest absolute Gasteiger partial charge is 0.465 e. The van der Waals surface area contributed by atoms with Crippen LogP contribution in [-0.2, 0) is 4.74 Å². The van der Waals surface area contributed by atoms with E-state index < -0.39 is 0 Å². The zero-order valence-electron chi connectivity index (χ0n) is 14.8. The van der Waals surface area contributed by atoms with Crippen LogP contribution in [0.25, 0.3) is 0 Å². The van der Waals surface area contributed by atoms with E-state index in [1.807, 2.05) is 24.4 Å². The summed E-state index contributed by atoms with van der Waals surface area (Å²) in [6.45, 7) is 0. The normalized spacial score (nSPS) is 22.9. The number of esters is 1. The number of fused-ring (bicyclic) bond motifs is 1. The molecule has 25 heavy (non-hydrogen) atoms. The standard InChI is InChI=1S/C21H24N2O2/c1-23-18-13-15(21(24)25-2)10-11-16(18)19(14-7-3-4-8-14)20(23)17-9-5-6-12-22-17/h5-6,9-14,19-20H,3-4,7-8H2,1-2H3. The highest BCUT2D eigenvalue weighted by Crippen LogP contribution is 2.54. The number of aromatic nitrogens is 1. The first-order valence-corrected chi connectivity index (χ1v) is 9.06. The van der Waals surface area contributed by atoms with Crippen molar-refractivity contribution in [1.29, 1.82) is 0 Å². The van der Waals surface area contributed by atoms with Gasteiger partial charge in [-0.3, -0.25) is 4.98 Å². The van der Waals surface area contributed by atoms with Crippen LogP contribution in [0.15, 0.2) is 42.6 Å². The quantitative estimate of drug-likeness (QED) is 0.782. The lowest BCUT2D eigenvalue weighted by molar-refractivity contribution is 0.0601. The van der Waals surface area contributed by atoms with E-state index in [0.29, 0.717) is 17.4 Å². The molecule has 4 nitrogen and oxygen atoms in total. The molecule has 0 radical (unpaired) electrons. The SMILES string of the molecule is COC(=O)c1ccc2c(c1)N(C)C(c1ccccn1)C2C1CCCC1. The number of pyridine rings is 1. The average molecular weight is 336 g/mol. The molecule has 0 saturated heterocycles. The second-order valence-corrected chi connectivity index (χ2v) is 7.15. The second kappa shape index (κ2) is 6.51. The van der Waals surface area contributed by atoms with Gasteiger partial charge in [0, 0.05) is 24.8 Å². The van der Waals surface area contributed by atoms with E-state index in [4.69, 9.17) is 4.74 Å². The minimum atomic E-state index is -0.282. The van der Waals surface area contributed by atoms with Crippen LogP contribution in [0.4, 0.5) is 5.69 Å². The van der Waals surface area contributed by atoms with Gasteiger partial charge in [-0.2, -0.15) is 0 Å². The van der Waals surface area contributed by atoms with Gasteiger partial charge in [-0.05, 0) is 48.6 Å². The number of hydrogen-bond acceptors (Lipinski definition) is 4. The number of ether oxygens (including phenoxy) is 1. The Labute approximate surface area is 148 Å². The number of carbonyl (C=O) groups excluding carboxylic acids is 1. The van der Waals surface area contributed by atoms with Gasteiger partial charge in [0.05, 0.1) is 24.4 Å². The van der Waals surface area contributed by atoms with Crippen molar-refractivity contribution in [2.45, 2.75) is 37.6 Å². The molecule has 2 unspecified atom stereocenters. The van der Waals surface area contributed by atoms with Gasteiger partial charge in [0.1, 0.15) is 0 Å². The highest BCUT2D eigenvalue weighted by atomic mass is 16.5. The number of hydrogen-bond donors (Lipinski definition) is 0. The Morgan fingerprint density at radius 1 is 1.20 bits per heavy atom. The molecule has 1 aromatic heterocycles. The van der Waals surface area contributed by atoms with Crippen LogP contribution in [0.1, 0.15) is 59.3 Å². The summed E-state index contributed by atoms with van der Waals surface area (Å²) >= 11 is 0. The van der Waals surface area contributed by atoms with Crippen LogP contribution >= 0.6 is 0 Å². The molecule has 1 aromatic carbocycles. The Hall–Kier alpha value is -2.36. The van der Waals surface area contributed by atoms with Gasteiger partial charge in [-0.1, -0.05) is 25.0 Å². The molecule has 2 atom stereocenters. The highest BCUT2D eigenvalue weighted by molar-refractivity contribution is 5.91. The molecule has 130 valence electrons. The van der Waals surface area contributed by atoms with Crippen LogP contribution in [0.3, 0.4) is 0 Å². The molecule has 0 bridgehead atoms. The Balaban J connectivity index is 1.80. The van der Waals surface area contributed by atoms with E-state index in [2.05, 4.69) is 35.1 Å². The summed E-state index contributed by atoms with van der Waals surface area (Å²) in [4.78, 5) is 18.9. The third-order valence-corrected chi connectivity index (χ3v) is 5.85. The zero-order chi connectivity index (χ0) is 17.4. The van der Waals surface area contributed by atoms with Crippen molar-refractivity contribution in [2.24, 2.45) is 5.92 Å². The number of carbonyl (C=O) groups is 1. The second-order valence-electron chi connectivity index (χ2n) is 7.15. The summed E-state index contributed by atoms with van der Waals surface area (Å²) in [6.07, 6.45) is 7.06. The Morgan fingerprint density at radius 3 is 2.68 bits per heavy atom. The van der Waals surface area contributed by atoms with Crippen molar-refractivity contribution in [3.63, 3.8) is 0 Å². The lowest BCUT2D eigenvalue weighted by Crippen LogP contribution is -2.26. The molecule has 2 aliphatic rings. The fraction of sp³-hybridized carbons (Fsp3) is 0.429. The number of rotatable bonds is 3. The topological polar surface area (TPSA) is 42.4 Å². The first kappa shape index (κ1) is 16.1. The van der Waals surface area contributed by atoms with Gasteiger partial charge >= 0.3 is 5.97 Å². The van der Waals surface area contributed by atoms with E-state index in [9.17, 15) is 4.79 Å². The minimum Gasteiger partial charge on any atom is -0.465 e. The van der Waals surface area contributed by atoms with E-state index >= 15 is 0 Å². The summed E-state index contributed by atoms with van der Waals surface area (Å²) in [6, 6.07) is 12.4. The fourth-order valence-electron chi connectivity index (χ4n) is 4.70. The molecular formula is C21H24N2O2. The van der Waals surface area contributed by atoms with Crippen molar-refractivity contribution in [3.8, 4) is 0 Å². The maximum absolute atomic E-state index is 12.0. The third kappa shape index (κ3) is 2.70. The van der Waals surface area contributed by atoms with Gasteiger partial charge in [0.15, 0.2) is 0 Å². The number of nitrogens with zero attached hydrogens (tertiary/aromatic N) is 2. The van der Waals surface area contributed by atoms with Crippen LogP contribution in [0, 0.1) is 5.92 Å².